The number of nitrogens with zero attached hydrogens (tertiary/aromatic N) is 1. The molecule has 3 heteroatoms. The number of hydrogen-bond donors (Lipinski definition) is 1. The van der Waals surface area contributed by atoms with Crippen LogP contribution in [0.5, 0.6) is 0 Å². The standard InChI is InChI=1S/C17H15ClN2/c18-16-10-12(5-6-14(16)11-19)9-15-8-7-13-3-1-2-4-17(13)20-15/h1-8,10H,9,11,19H2. The van der Waals surface area contributed by atoms with Gasteiger partial charge in [-0.3, -0.25) is 4.98 Å². The average Bonchev–Trinajstić information content (AvgIpc) is 2.47. The minimum atomic E-state index is 0.466. The van der Waals surface area contributed by atoms with E-state index in [1.807, 2.05) is 30.3 Å². The van der Waals surface area contributed by atoms with E-state index >= 15 is 0 Å². The predicted molar refractivity (Wildman–Crippen MR) is 83.9 cm³/mol. The molecule has 0 saturated carbocycles. The van der Waals surface area contributed by atoms with Gasteiger partial charge < -0.3 is 5.73 Å². The molecule has 0 aliphatic rings. The number of halogens is 1. The van der Waals surface area contributed by atoms with E-state index in [1.165, 1.54) is 0 Å². The lowest BCUT2D eigenvalue weighted by Crippen LogP contribution is -1.98. The highest BCUT2D eigenvalue weighted by molar-refractivity contribution is 6.31. The maximum atomic E-state index is 6.19. The van der Waals surface area contributed by atoms with Crippen molar-refractivity contribution in [1.82, 2.24) is 4.98 Å². The molecule has 1 aromatic heterocycles. The summed E-state index contributed by atoms with van der Waals surface area (Å²) in [6.45, 7) is 0.466. The normalized spacial score (nSPS) is 10.9. The monoisotopic (exact) mass is 282 g/mol. The summed E-state index contributed by atoms with van der Waals surface area (Å²) in [4.78, 5) is 4.67. The summed E-state index contributed by atoms with van der Waals surface area (Å²) in [6.07, 6.45) is 0.773. The number of pyridine rings is 1. The first-order valence-electron chi connectivity index (χ1n) is 6.58. The number of nitrogens with two attached hydrogens (primary N) is 1. The van der Waals surface area contributed by atoms with Gasteiger partial charge in [0.05, 0.1) is 5.52 Å². The molecule has 0 aliphatic heterocycles. The van der Waals surface area contributed by atoms with Crippen LogP contribution in [0, 0.1) is 0 Å². The average molecular weight is 283 g/mol. The fourth-order valence-corrected chi connectivity index (χ4v) is 2.56. The Morgan fingerprint density at radius 3 is 2.65 bits per heavy atom. The molecule has 0 saturated heterocycles. The molecule has 2 nitrogen and oxygen atoms in total. The molecule has 0 amide bonds. The molecule has 0 radical (unpaired) electrons. The van der Waals surface area contributed by atoms with Gasteiger partial charge in [-0.2, -0.15) is 0 Å². The van der Waals surface area contributed by atoms with Crippen molar-refractivity contribution < 1.29 is 0 Å². The van der Waals surface area contributed by atoms with Gasteiger partial charge in [-0.05, 0) is 29.3 Å². The van der Waals surface area contributed by atoms with Crippen LogP contribution in [-0.2, 0) is 13.0 Å². The van der Waals surface area contributed by atoms with Gasteiger partial charge in [0.25, 0.3) is 0 Å². The molecule has 2 aromatic carbocycles. The highest BCUT2D eigenvalue weighted by atomic mass is 35.5. The molecular formula is C17H15ClN2. The first-order chi connectivity index (χ1) is 9.76. The number of fused-ring (bicyclic) bond motifs is 1. The van der Waals surface area contributed by atoms with E-state index in [1.54, 1.807) is 0 Å². The van der Waals surface area contributed by atoms with Crippen molar-refractivity contribution in [3.63, 3.8) is 0 Å². The third-order valence-electron chi connectivity index (χ3n) is 3.38. The van der Waals surface area contributed by atoms with Crippen molar-refractivity contribution >= 4 is 22.5 Å². The van der Waals surface area contributed by atoms with Gasteiger partial charge in [0, 0.05) is 29.1 Å². The van der Waals surface area contributed by atoms with Crippen LogP contribution in [0.2, 0.25) is 5.02 Å². The molecule has 100 valence electrons. The third kappa shape index (κ3) is 2.67. The molecule has 3 aromatic rings. The highest BCUT2D eigenvalue weighted by Crippen LogP contribution is 2.20. The van der Waals surface area contributed by atoms with Crippen molar-refractivity contribution in [3.8, 4) is 0 Å². The topological polar surface area (TPSA) is 38.9 Å². The molecular weight excluding hydrogens is 268 g/mol. The number of benzene rings is 2. The van der Waals surface area contributed by atoms with Crippen LogP contribution in [-0.4, -0.2) is 4.98 Å². The van der Waals surface area contributed by atoms with Crippen LogP contribution in [0.1, 0.15) is 16.8 Å². The first kappa shape index (κ1) is 13.1. The summed E-state index contributed by atoms with van der Waals surface area (Å²) >= 11 is 6.19. The van der Waals surface area contributed by atoms with Crippen molar-refractivity contribution in [2.45, 2.75) is 13.0 Å². The molecule has 3 rings (SSSR count). The smallest absolute Gasteiger partial charge is 0.0705 e. The fourth-order valence-electron chi connectivity index (χ4n) is 2.28. The lowest BCUT2D eigenvalue weighted by Gasteiger charge is -2.06. The van der Waals surface area contributed by atoms with Crippen LogP contribution in [0.15, 0.2) is 54.6 Å². The van der Waals surface area contributed by atoms with E-state index in [2.05, 4.69) is 29.2 Å². The van der Waals surface area contributed by atoms with Crippen molar-refractivity contribution in [2.24, 2.45) is 5.73 Å². The van der Waals surface area contributed by atoms with Crippen molar-refractivity contribution in [2.75, 3.05) is 0 Å². The Morgan fingerprint density at radius 2 is 1.85 bits per heavy atom. The molecule has 0 aliphatic carbocycles. The second-order valence-electron chi connectivity index (χ2n) is 4.80. The highest BCUT2D eigenvalue weighted by Gasteiger charge is 2.03. The Labute approximate surface area is 123 Å². The molecule has 2 N–H and O–H groups in total. The van der Waals surface area contributed by atoms with Crippen molar-refractivity contribution in [3.05, 3.63) is 76.4 Å². The van der Waals surface area contributed by atoms with Crippen LogP contribution < -0.4 is 5.73 Å². The summed E-state index contributed by atoms with van der Waals surface area (Å²) in [5.41, 5.74) is 9.81. The van der Waals surface area contributed by atoms with Crippen LogP contribution in [0.4, 0.5) is 0 Å². The minimum absolute atomic E-state index is 0.466. The zero-order chi connectivity index (χ0) is 13.9. The SMILES string of the molecule is NCc1ccc(Cc2ccc3ccccc3n2)cc1Cl. The van der Waals surface area contributed by atoms with Gasteiger partial charge in [0.2, 0.25) is 0 Å². The second kappa shape index (κ2) is 5.61. The number of rotatable bonds is 3. The van der Waals surface area contributed by atoms with Gasteiger partial charge in [-0.15, -0.1) is 0 Å². The largest absolute Gasteiger partial charge is 0.326 e. The van der Waals surface area contributed by atoms with Crippen LogP contribution in [0.25, 0.3) is 10.9 Å². The van der Waals surface area contributed by atoms with Gasteiger partial charge >= 0.3 is 0 Å². The maximum absolute atomic E-state index is 6.19. The molecule has 0 spiro atoms. The summed E-state index contributed by atoms with van der Waals surface area (Å²) in [5, 5.41) is 1.89. The Bertz CT molecular complexity index is 753. The van der Waals surface area contributed by atoms with Crippen LogP contribution in [0.3, 0.4) is 0 Å². The van der Waals surface area contributed by atoms with E-state index in [0.717, 1.165) is 39.2 Å². The Balaban J connectivity index is 1.90. The molecule has 1 heterocycles. The summed E-state index contributed by atoms with van der Waals surface area (Å²) < 4.78 is 0. The van der Waals surface area contributed by atoms with Gasteiger partial charge in [-0.1, -0.05) is 48.0 Å². The minimum Gasteiger partial charge on any atom is -0.326 e. The maximum Gasteiger partial charge on any atom is 0.0705 e. The second-order valence-corrected chi connectivity index (χ2v) is 5.21. The van der Waals surface area contributed by atoms with Gasteiger partial charge in [0.15, 0.2) is 0 Å². The zero-order valence-corrected chi connectivity index (χ0v) is 11.8. The first-order valence-corrected chi connectivity index (χ1v) is 6.96. The molecule has 0 bridgehead atoms. The predicted octanol–water partition coefficient (Wildman–Crippen LogP) is 3.94. The Kier molecular flexibility index (Phi) is 3.68. The quantitative estimate of drug-likeness (QED) is 0.790. The van der Waals surface area contributed by atoms with E-state index in [9.17, 15) is 0 Å². The lowest BCUT2D eigenvalue weighted by atomic mass is 10.1. The molecule has 20 heavy (non-hydrogen) atoms. The van der Waals surface area contributed by atoms with Crippen LogP contribution >= 0.6 is 11.6 Å². The fraction of sp³-hybridized carbons (Fsp3) is 0.118. The number of aromatic nitrogens is 1. The number of hydrogen-bond acceptors (Lipinski definition) is 2. The zero-order valence-electron chi connectivity index (χ0n) is 11.0. The Morgan fingerprint density at radius 1 is 1.00 bits per heavy atom. The summed E-state index contributed by atoms with van der Waals surface area (Å²) in [6, 6.07) is 18.3. The summed E-state index contributed by atoms with van der Waals surface area (Å²) in [5.74, 6) is 0. The van der Waals surface area contributed by atoms with E-state index in [4.69, 9.17) is 17.3 Å². The van der Waals surface area contributed by atoms with E-state index in [-0.39, 0.29) is 0 Å². The molecule has 0 fully saturated rings. The third-order valence-corrected chi connectivity index (χ3v) is 3.73. The van der Waals surface area contributed by atoms with Gasteiger partial charge in [0.1, 0.15) is 0 Å². The van der Waals surface area contributed by atoms with E-state index in [0.29, 0.717) is 6.54 Å². The van der Waals surface area contributed by atoms with Gasteiger partial charge in [-0.25, -0.2) is 0 Å². The number of para-hydroxylation sites is 1. The van der Waals surface area contributed by atoms with Crippen molar-refractivity contribution in [1.29, 1.82) is 0 Å². The molecule has 0 unspecified atom stereocenters. The molecule has 0 atom stereocenters. The lowest BCUT2D eigenvalue weighted by molar-refractivity contribution is 1.05. The van der Waals surface area contributed by atoms with E-state index < -0.39 is 0 Å². The summed E-state index contributed by atoms with van der Waals surface area (Å²) in [7, 11) is 0. The Hall–Kier alpha value is -1.90.